The Hall–Kier alpha value is -3.62. The van der Waals surface area contributed by atoms with E-state index in [4.69, 9.17) is 35.4 Å². The van der Waals surface area contributed by atoms with Gasteiger partial charge in [-0.2, -0.15) is 11.0 Å². The molecule has 0 saturated carbocycles. The minimum Gasteiger partial charge on any atom is -0.448 e. The van der Waals surface area contributed by atoms with E-state index in [9.17, 15) is 19.2 Å². The van der Waals surface area contributed by atoms with Crippen LogP contribution in [0.15, 0.2) is 28.5 Å². The van der Waals surface area contributed by atoms with Gasteiger partial charge in [0.25, 0.3) is 0 Å². The van der Waals surface area contributed by atoms with Gasteiger partial charge in [0.1, 0.15) is 0 Å². The molecule has 1 aromatic carbocycles. The Morgan fingerprint density at radius 1 is 0.946 bits per heavy atom. The number of ether oxygens (including phenoxy) is 5. The summed E-state index contributed by atoms with van der Waals surface area (Å²) >= 11 is 0. The van der Waals surface area contributed by atoms with Crippen LogP contribution in [0.5, 0.6) is 11.5 Å². The highest BCUT2D eigenvalue weighted by Crippen LogP contribution is 2.33. The highest BCUT2D eigenvalue weighted by Gasteiger charge is 2.39. The number of rotatable bonds is 12. The molecule has 0 amide bonds. The Morgan fingerprint density at radius 3 is 2.03 bits per heavy atom. The van der Waals surface area contributed by atoms with E-state index in [1.165, 1.54) is 53.0 Å². The van der Waals surface area contributed by atoms with Gasteiger partial charge >= 0.3 is 23.9 Å². The van der Waals surface area contributed by atoms with Crippen molar-refractivity contribution in [2.75, 3.05) is 7.11 Å². The van der Waals surface area contributed by atoms with Gasteiger partial charge in [-0.05, 0) is 59.2 Å². The molecular formula is C23H34N4O10. The molecule has 1 atom stereocenters. The fraction of sp³-hybridized carbons (Fsp3) is 0.565. The Kier molecular flexibility index (Phi) is 10.7. The fourth-order valence-electron chi connectivity index (χ4n) is 2.94. The van der Waals surface area contributed by atoms with Gasteiger partial charge < -0.3 is 34.4 Å². The average molecular weight is 527 g/mol. The largest absolute Gasteiger partial charge is 0.448 e. The number of esters is 3. The zero-order chi connectivity index (χ0) is 28.6. The van der Waals surface area contributed by atoms with E-state index in [1.807, 2.05) is 0 Å². The summed E-state index contributed by atoms with van der Waals surface area (Å²) in [5.41, 5.74) is -2.77. The summed E-state index contributed by atoms with van der Waals surface area (Å²) in [6, 6.07) is 2.93. The molecule has 0 bridgehead atoms. The summed E-state index contributed by atoms with van der Waals surface area (Å²) in [6.45, 7) is 9.96. The predicted octanol–water partition coefficient (Wildman–Crippen LogP) is 1.67. The van der Waals surface area contributed by atoms with Crippen LogP contribution in [0.2, 0.25) is 0 Å². The summed E-state index contributed by atoms with van der Waals surface area (Å²) in [5.74, 6) is 5.07. The number of hydrogen-bond acceptors (Lipinski definition) is 13. The summed E-state index contributed by atoms with van der Waals surface area (Å²) in [7, 11) is 1.42. The first-order valence-corrected chi connectivity index (χ1v) is 11.0. The number of carbonyl (C=O) groups excluding carboxylic acids is 4. The molecule has 0 saturated heterocycles. The lowest BCUT2D eigenvalue weighted by Gasteiger charge is -2.33. The van der Waals surface area contributed by atoms with Crippen molar-refractivity contribution in [3.05, 3.63) is 23.8 Å². The topological polar surface area (TPSA) is 200 Å². The molecule has 0 aliphatic rings. The third kappa shape index (κ3) is 9.40. The molecule has 14 nitrogen and oxygen atoms in total. The number of nitrogens with two attached hydrogens (primary N) is 2. The maximum Gasteiger partial charge on any atom is 0.355 e. The van der Waals surface area contributed by atoms with Crippen LogP contribution in [0.1, 0.15) is 54.0 Å². The molecule has 4 N–H and O–H groups in total. The van der Waals surface area contributed by atoms with Gasteiger partial charge in [-0.1, -0.05) is 11.3 Å². The minimum absolute atomic E-state index is 0.112. The molecule has 1 rings (SSSR count). The summed E-state index contributed by atoms with van der Waals surface area (Å²) in [4.78, 5) is 53.2. The molecular weight excluding hydrogens is 492 g/mol. The van der Waals surface area contributed by atoms with Gasteiger partial charge in [0.2, 0.25) is 5.60 Å². The first-order valence-electron chi connectivity index (χ1n) is 11.0. The number of methoxy groups -OCH3 is 1. The van der Waals surface area contributed by atoms with Gasteiger partial charge in [-0.25, -0.2) is 14.4 Å². The van der Waals surface area contributed by atoms with Crippen molar-refractivity contribution >= 4 is 23.9 Å². The van der Waals surface area contributed by atoms with Crippen molar-refractivity contribution < 1.29 is 47.7 Å². The normalized spacial score (nSPS) is 13.1. The second-order valence-electron chi connectivity index (χ2n) is 9.27. The van der Waals surface area contributed by atoms with Gasteiger partial charge in [0.05, 0.1) is 0 Å². The third-order valence-corrected chi connectivity index (χ3v) is 4.81. The zero-order valence-corrected chi connectivity index (χ0v) is 22.1. The molecule has 0 unspecified atom stereocenters. The Labute approximate surface area is 214 Å². The smallest absolute Gasteiger partial charge is 0.355 e. The molecule has 37 heavy (non-hydrogen) atoms. The number of hydrogen-bond donors (Lipinski definition) is 2. The van der Waals surface area contributed by atoms with E-state index in [0.717, 1.165) is 6.92 Å². The molecule has 0 fully saturated rings. The van der Waals surface area contributed by atoms with Crippen LogP contribution in [0.3, 0.4) is 0 Å². The van der Waals surface area contributed by atoms with Gasteiger partial charge in [-0.3, -0.25) is 4.79 Å². The first-order chi connectivity index (χ1) is 17.0. The van der Waals surface area contributed by atoms with Gasteiger partial charge in [-0.15, -0.1) is 0 Å². The summed E-state index contributed by atoms with van der Waals surface area (Å²) in [6.07, 6.45) is -0.112. The zero-order valence-electron chi connectivity index (χ0n) is 22.1. The van der Waals surface area contributed by atoms with Crippen LogP contribution in [0.25, 0.3) is 0 Å². The molecule has 0 spiro atoms. The van der Waals surface area contributed by atoms with Gasteiger partial charge in [0, 0.05) is 20.5 Å². The lowest BCUT2D eigenvalue weighted by Crippen LogP contribution is -2.46. The average Bonchev–Trinajstić information content (AvgIpc) is 2.78. The van der Waals surface area contributed by atoms with E-state index >= 15 is 0 Å². The van der Waals surface area contributed by atoms with E-state index in [0.29, 0.717) is 5.56 Å². The summed E-state index contributed by atoms with van der Waals surface area (Å²) < 4.78 is 26.9. The molecule has 0 aromatic heterocycles. The van der Waals surface area contributed by atoms with Crippen LogP contribution >= 0.6 is 0 Å². The van der Waals surface area contributed by atoms with Crippen molar-refractivity contribution in [1.29, 1.82) is 0 Å². The molecule has 0 radical (unpaired) electrons. The molecule has 14 heteroatoms. The van der Waals surface area contributed by atoms with E-state index in [1.54, 1.807) is 13.8 Å². The second-order valence-corrected chi connectivity index (χ2v) is 9.27. The van der Waals surface area contributed by atoms with Crippen molar-refractivity contribution in [3.63, 3.8) is 0 Å². The van der Waals surface area contributed by atoms with Crippen molar-refractivity contribution in [1.82, 2.24) is 0 Å². The van der Waals surface area contributed by atoms with Crippen LogP contribution in [-0.2, 0) is 44.6 Å². The number of nitrogens with zero attached hydrogens (tertiary/aromatic N) is 2. The van der Waals surface area contributed by atoms with Crippen LogP contribution < -0.4 is 21.2 Å². The quantitative estimate of drug-likeness (QED) is 0.0998. The fourth-order valence-corrected chi connectivity index (χ4v) is 2.94. The minimum atomic E-state index is -1.67. The standard InChI is InChI=1S/C23H34N4O10/c1-13(28)35-21(2,3)19(30)34-17-12-14(11-15(26-27-24)18(29)36-25)9-10-16(17)33-20(31)22(4,5)37-23(6,7)32-8/h9-10,12,15H,11,25H2,1-8H3,(H2,24,26)/t15-/m0/s1. The van der Waals surface area contributed by atoms with Crippen LogP contribution in [0.4, 0.5) is 0 Å². The maximum atomic E-state index is 13.0. The lowest BCUT2D eigenvalue weighted by molar-refractivity contribution is -0.251. The maximum absolute atomic E-state index is 13.0. The van der Waals surface area contributed by atoms with E-state index in [2.05, 4.69) is 15.2 Å². The molecule has 1 aromatic rings. The Bertz CT molecular complexity index is 1040. The van der Waals surface area contributed by atoms with Crippen molar-refractivity contribution in [2.24, 2.45) is 22.1 Å². The first kappa shape index (κ1) is 31.4. The van der Waals surface area contributed by atoms with Gasteiger partial charge in [0.15, 0.2) is 28.9 Å². The summed E-state index contributed by atoms with van der Waals surface area (Å²) in [5, 5.41) is 6.66. The predicted molar refractivity (Wildman–Crippen MR) is 127 cm³/mol. The molecule has 0 aliphatic carbocycles. The molecule has 0 aliphatic heterocycles. The van der Waals surface area contributed by atoms with E-state index < -0.39 is 46.9 Å². The van der Waals surface area contributed by atoms with Crippen molar-refractivity contribution in [3.8, 4) is 11.5 Å². The highest BCUT2D eigenvalue weighted by atomic mass is 16.7. The molecule has 0 heterocycles. The third-order valence-electron chi connectivity index (χ3n) is 4.81. The Balaban J connectivity index is 3.41. The monoisotopic (exact) mass is 526 g/mol. The van der Waals surface area contributed by atoms with E-state index in [-0.39, 0.29) is 17.9 Å². The van der Waals surface area contributed by atoms with Crippen LogP contribution in [-0.4, -0.2) is 54.0 Å². The number of benzene rings is 1. The Morgan fingerprint density at radius 2 is 1.51 bits per heavy atom. The highest BCUT2D eigenvalue weighted by molar-refractivity contribution is 5.85. The molecule has 206 valence electrons. The van der Waals surface area contributed by atoms with Crippen molar-refractivity contribution in [2.45, 2.75) is 77.9 Å². The van der Waals surface area contributed by atoms with Crippen LogP contribution in [0, 0.1) is 0 Å². The number of carbonyl (C=O) groups is 4. The lowest BCUT2D eigenvalue weighted by atomic mass is 10.1. The second kappa shape index (κ2) is 12.6. The SMILES string of the molecule is COC(C)(C)OC(C)(C)C(=O)Oc1ccc(C[C@H](N=NN)C(=O)ON)cc1OC(=O)C(C)(C)OC(C)=O.